The highest BCUT2D eigenvalue weighted by molar-refractivity contribution is 4.73. The smallest absolute Gasteiger partial charge is 0.0700 e. The first kappa shape index (κ1) is 12.0. The van der Waals surface area contributed by atoms with E-state index in [0.29, 0.717) is 19.1 Å². The minimum absolute atomic E-state index is 0.0882. The second-order valence-corrected chi connectivity index (χ2v) is 4.01. The van der Waals surface area contributed by atoms with Crippen LogP contribution in [0, 0.1) is 5.92 Å². The number of hydrogen-bond donors (Lipinski definition) is 1. The number of rotatable bonds is 6. The van der Waals surface area contributed by atoms with Crippen LogP contribution in [-0.2, 0) is 9.47 Å². The standard InChI is InChI=1S/C11H22O3/c1-13-8-9-14-7-6-10-4-2-3-5-11(10)12/h10-12H,2-9H2,1H3. The van der Waals surface area contributed by atoms with Crippen molar-refractivity contribution in [2.45, 2.75) is 38.2 Å². The molecule has 1 N–H and O–H groups in total. The summed E-state index contributed by atoms with van der Waals surface area (Å²) in [5, 5.41) is 9.69. The van der Waals surface area contributed by atoms with Crippen LogP contribution in [-0.4, -0.2) is 38.1 Å². The van der Waals surface area contributed by atoms with Crippen molar-refractivity contribution in [2.75, 3.05) is 26.9 Å². The van der Waals surface area contributed by atoms with E-state index in [1.165, 1.54) is 12.8 Å². The van der Waals surface area contributed by atoms with Gasteiger partial charge in [-0.1, -0.05) is 12.8 Å². The summed E-state index contributed by atoms with van der Waals surface area (Å²) in [4.78, 5) is 0. The molecule has 0 aliphatic heterocycles. The van der Waals surface area contributed by atoms with Crippen molar-refractivity contribution in [1.82, 2.24) is 0 Å². The normalized spacial score (nSPS) is 27.9. The second kappa shape index (κ2) is 7.21. The van der Waals surface area contributed by atoms with Crippen molar-refractivity contribution < 1.29 is 14.6 Å². The molecule has 2 atom stereocenters. The Morgan fingerprint density at radius 3 is 2.64 bits per heavy atom. The molecule has 0 aromatic heterocycles. The third-order valence-electron chi connectivity index (χ3n) is 2.93. The van der Waals surface area contributed by atoms with Crippen LogP contribution in [0.1, 0.15) is 32.1 Å². The molecule has 0 spiro atoms. The van der Waals surface area contributed by atoms with E-state index in [1.807, 2.05) is 0 Å². The van der Waals surface area contributed by atoms with Gasteiger partial charge >= 0.3 is 0 Å². The van der Waals surface area contributed by atoms with Crippen LogP contribution in [0.2, 0.25) is 0 Å². The summed E-state index contributed by atoms with van der Waals surface area (Å²) in [5.74, 6) is 0.464. The highest BCUT2D eigenvalue weighted by Crippen LogP contribution is 2.26. The molecule has 0 bridgehead atoms. The zero-order chi connectivity index (χ0) is 10.2. The Bertz CT molecular complexity index is 138. The maximum absolute atomic E-state index is 9.69. The predicted octanol–water partition coefficient (Wildman–Crippen LogP) is 1.59. The summed E-state index contributed by atoms with van der Waals surface area (Å²) in [5.41, 5.74) is 0. The molecule has 3 nitrogen and oxygen atoms in total. The van der Waals surface area contributed by atoms with Gasteiger partial charge in [-0.3, -0.25) is 0 Å². The third-order valence-corrected chi connectivity index (χ3v) is 2.93. The van der Waals surface area contributed by atoms with Gasteiger partial charge in [-0.05, 0) is 25.2 Å². The van der Waals surface area contributed by atoms with Gasteiger partial charge in [0.2, 0.25) is 0 Å². The largest absolute Gasteiger partial charge is 0.393 e. The van der Waals surface area contributed by atoms with Gasteiger partial charge in [-0.2, -0.15) is 0 Å². The predicted molar refractivity (Wildman–Crippen MR) is 55.3 cm³/mol. The SMILES string of the molecule is COCCOCCC1CCCCC1O. The van der Waals surface area contributed by atoms with E-state index in [4.69, 9.17) is 9.47 Å². The summed E-state index contributed by atoms with van der Waals surface area (Å²) in [6, 6.07) is 0. The number of ether oxygens (including phenoxy) is 2. The summed E-state index contributed by atoms with van der Waals surface area (Å²) in [7, 11) is 1.67. The van der Waals surface area contributed by atoms with Crippen molar-refractivity contribution >= 4 is 0 Å². The Morgan fingerprint density at radius 2 is 1.93 bits per heavy atom. The maximum atomic E-state index is 9.69. The molecule has 3 heteroatoms. The molecule has 1 aliphatic carbocycles. The Kier molecular flexibility index (Phi) is 6.15. The van der Waals surface area contributed by atoms with Crippen molar-refractivity contribution in [1.29, 1.82) is 0 Å². The van der Waals surface area contributed by atoms with E-state index in [0.717, 1.165) is 25.9 Å². The molecule has 0 heterocycles. The van der Waals surface area contributed by atoms with Gasteiger partial charge in [0.25, 0.3) is 0 Å². The lowest BCUT2D eigenvalue weighted by Gasteiger charge is -2.27. The number of hydrogen-bond acceptors (Lipinski definition) is 3. The molecule has 0 amide bonds. The zero-order valence-corrected chi connectivity index (χ0v) is 9.08. The second-order valence-electron chi connectivity index (χ2n) is 4.01. The van der Waals surface area contributed by atoms with Crippen molar-refractivity contribution in [3.63, 3.8) is 0 Å². The molecule has 1 aliphatic rings. The van der Waals surface area contributed by atoms with Gasteiger partial charge in [0, 0.05) is 13.7 Å². The molecule has 2 unspecified atom stereocenters. The lowest BCUT2D eigenvalue weighted by atomic mass is 9.85. The van der Waals surface area contributed by atoms with E-state index >= 15 is 0 Å². The molecular weight excluding hydrogens is 180 g/mol. The topological polar surface area (TPSA) is 38.7 Å². The van der Waals surface area contributed by atoms with E-state index < -0.39 is 0 Å². The quantitative estimate of drug-likeness (QED) is 0.665. The summed E-state index contributed by atoms with van der Waals surface area (Å²) in [6.45, 7) is 2.08. The highest BCUT2D eigenvalue weighted by Gasteiger charge is 2.22. The van der Waals surface area contributed by atoms with Crippen LogP contribution >= 0.6 is 0 Å². The van der Waals surface area contributed by atoms with Crippen molar-refractivity contribution in [2.24, 2.45) is 5.92 Å². The first-order chi connectivity index (χ1) is 6.84. The maximum Gasteiger partial charge on any atom is 0.0700 e. The Hall–Kier alpha value is -0.120. The van der Waals surface area contributed by atoms with E-state index in [2.05, 4.69) is 0 Å². The van der Waals surface area contributed by atoms with E-state index in [1.54, 1.807) is 7.11 Å². The molecule has 0 aromatic carbocycles. The molecular formula is C11H22O3. The average Bonchev–Trinajstić information content (AvgIpc) is 2.20. The van der Waals surface area contributed by atoms with Gasteiger partial charge < -0.3 is 14.6 Å². The first-order valence-corrected chi connectivity index (χ1v) is 5.59. The summed E-state index contributed by atoms with van der Waals surface area (Å²) >= 11 is 0. The third kappa shape index (κ3) is 4.40. The Labute approximate surface area is 86.4 Å². The summed E-state index contributed by atoms with van der Waals surface area (Å²) in [6.07, 6.45) is 5.49. The fourth-order valence-electron chi connectivity index (χ4n) is 2.00. The van der Waals surface area contributed by atoms with Crippen LogP contribution in [0.25, 0.3) is 0 Å². The molecule has 0 saturated heterocycles. The monoisotopic (exact) mass is 202 g/mol. The van der Waals surface area contributed by atoms with E-state index in [-0.39, 0.29) is 6.10 Å². The molecule has 84 valence electrons. The van der Waals surface area contributed by atoms with E-state index in [9.17, 15) is 5.11 Å². The van der Waals surface area contributed by atoms with Gasteiger partial charge in [0.05, 0.1) is 19.3 Å². The van der Waals surface area contributed by atoms with Crippen LogP contribution < -0.4 is 0 Å². The fraction of sp³-hybridized carbons (Fsp3) is 1.00. The number of methoxy groups -OCH3 is 1. The van der Waals surface area contributed by atoms with Crippen LogP contribution in [0.3, 0.4) is 0 Å². The van der Waals surface area contributed by atoms with Crippen molar-refractivity contribution in [3.8, 4) is 0 Å². The lowest BCUT2D eigenvalue weighted by molar-refractivity contribution is 0.0268. The average molecular weight is 202 g/mol. The first-order valence-electron chi connectivity index (χ1n) is 5.59. The number of aliphatic hydroxyl groups is 1. The number of aliphatic hydroxyl groups excluding tert-OH is 1. The molecule has 1 saturated carbocycles. The zero-order valence-electron chi connectivity index (χ0n) is 9.08. The molecule has 14 heavy (non-hydrogen) atoms. The molecule has 1 rings (SSSR count). The van der Waals surface area contributed by atoms with Crippen LogP contribution in [0.4, 0.5) is 0 Å². The van der Waals surface area contributed by atoms with Gasteiger partial charge in [-0.15, -0.1) is 0 Å². The minimum Gasteiger partial charge on any atom is -0.393 e. The van der Waals surface area contributed by atoms with Crippen LogP contribution in [0.5, 0.6) is 0 Å². The van der Waals surface area contributed by atoms with Gasteiger partial charge in [0.15, 0.2) is 0 Å². The summed E-state index contributed by atoms with van der Waals surface area (Å²) < 4.78 is 10.3. The van der Waals surface area contributed by atoms with Crippen molar-refractivity contribution in [3.05, 3.63) is 0 Å². The Balaban J connectivity index is 1.99. The van der Waals surface area contributed by atoms with Gasteiger partial charge in [0.1, 0.15) is 0 Å². The Morgan fingerprint density at radius 1 is 1.14 bits per heavy atom. The van der Waals surface area contributed by atoms with Gasteiger partial charge in [-0.25, -0.2) is 0 Å². The molecule has 0 aromatic rings. The molecule has 1 fully saturated rings. The fourth-order valence-corrected chi connectivity index (χ4v) is 2.00. The highest BCUT2D eigenvalue weighted by atomic mass is 16.5. The lowest BCUT2D eigenvalue weighted by Crippen LogP contribution is -2.25. The minimum atomic E-state index is -0.0882. The van der Waals surface area contributed by atoms with Crippen LogP contribution in [0.15, 0.2) is 0 Å². The molecule has 0 radical (unpaired) electrons.